The van der Waals surface area contributed by atoms with Gasteiger partial charge in [-0.25, -0.2) is 0 Å². The molecule has 3 rings (SSSR count). The molecule has 1 spiro atoms. The van der Waals surface area contributed by atoms with Gasteiger partial charge < -0.3 is 19.9 Å². The molecule has 1 heterocycles. The van der Waals surface area contributed by atoms with Crippen LogP contribution >= 0.6 is 11.6 Å². The zero-order valence-electron chi connectivity index (χ0n) is 16.2. The van der Waals surface area contributed by atoms with Gasteiger partial charge >= 0.3 is 0 Å². The molecular weight excluding hydrogens is 350 g/mol. The topological polar surface area (TPSA) is 50.7 Å². The van der Waals surface area contributed by atoms with Gasteiger partial charge in [-0.1, -0.05) is 37.6 Å². The summed E-state index contributed by atoms with van der Waals surface area (Å²) in [5, 5.41) is 15.2. The Morgan fingerprint density at radius 2 is 1.65 bits per heavy atom. The minimum atomic E-state index is -0.627. The Bertz CT molecular complexity index is 582. The fraction of sp³-hybridized carbons (Fsp3) is 0.714. The summed E-state index contributed by atoms with van der Waals surface area (Å²) in [5.41, 5.74) is 0.661. The van der Waals surface area contributed by atoms with Crippen molar-refractivity contribution in [3.05, 3.63) is 34.9 Å². The van der Waals surface area contributed by atoms with Crippen LogP contribution in [0.5, 0.6) is 0 Å². The lowest BCUT2D eigenvalue weighted by atomic mass is 9.78. The molecule has 0 aromatic heterocycles. The molecule has 0 amide bonds. The van der Waals surface area contributed by atoms with Gasteiger partial charge in [0.25, 0.3) is 0 Å². The maximum Gasteiger partial charge on any atom is 0.168 e. The highest BCUT2D eigenvalue weighted by molar-refractivity contribution is 6.30. The fourth-order valence-corrected chi connectivity index (χ4v) is 3.89. The zero-order valence-corrected chi connectivity index (χ0v) is 16.9. The minimum absolute atomic E-state index is 0.0841. The van der Waals surface area contributed by atoms with Gasteiger partial charge in [-0.15, -0.1) is 0 Å². The highest BCUT2D eigenvalue weighted by Gasteiger charge is 2.46. The number of hydrogen-bond donors (Lipinski definition) is 2. The number of rotatable bonds is 5. The van der Waals surface area contributed by atoms with Gasteiger partial charge in [0.05, 0.1) is 18.8 Å². The Morgan fingerprint density at radius 3 is 2.23 bits per heavy atom. The summed E-state index contributed by atoms with van der Waals surface area (Å²) in [6, 6.07) is 8.14. The smallest absolute Gasteiger partial charge is 0.168 e. The van der Waals surface area contributed by atoms with Crippen molar-refractivity contribution in [3.63, 3.8) is 0 Å². The lowest BCUT2D eigenvalue weighted by Gasteiger charge is -2.48. The van der Waals surface area contributed by atoms with Crippen LogP contribution in [0, 0.1) is 5.41 Å². The van der Waals surface area contributed by atoms with Crippen molar-refractivity contribution in [3.8, 4) is 0 Å². The molecule has 1 saturated heterocycles. The first kappa shape index (κ1) is 20.1. The highest BCUT2D eigenvalue weighted by Crippen LogP contribution is 2.43. The van der Waals surface area contributed by atoms with Crippen molar-refractivity contribution < 1.29 is 14.6 Å². The molecule has 26 heavy (non-hydrogen) atoms. The molecule has 5 heteroatoms. The number of ether oxygens (including phenoxy) is 2. The van der Waals surface area contributed by atoms with E-state index in [0.29, 0.717) is 0 Å². The van der Waals surface area contributed by atoms with Gasteiger partial charge in [-0.3, -0.25) is 0 Å². The molecule has 146 valence electrons. The first-order chi connectivity index (χ1) is 12.2. The van der Waals surface area contributed by atoms with Crippen LogP contribution in [0.3, 0.4) is 0 Å². The van der Waals surface area contributed by atoms with Crippen molar-refractivity contribution in [2.24, 2.45) is 5.41 Å². The maximum absolute atomic E-state index is 10.9. The van der Waals surface area contributed by atoms with Gasteiger partial charge in [-0.05, 0) is 50.4 Å². The van der Waals surface area contributed by atoms with Crippen molar-refractivity contribution in [2.75, 3.05) is 19.8 Å². The normalized spacial score (nSPS) is 25.1. The minimum Gasteiger partial charge on any atom is -0.390 e. The van der Waals surface area contributed by atoms with Crippen molar-refractivity contribution in [1.29, 1.82) is 0 Å². The molecule has 1 aliphatic carbocycles. The van der Waals surface area contributed by atoms with E-state index < -0.39 is 11.4 Å². The molecule has 1 aromatic carbocycles. The molecule has 2 aliphatic rings. The summed E-state index contributed by atoms with van der Waals surface area (Å²) in [5.74, 6) is -0.466. The number of halogens is 1. The van der Waals surface area contributed by atoms with E-state index in [1.54, 1.807) is 0 Å². The first-order valence-corrected chi connectivity index (χ1v) is 10.1. The van der Waals surface area contributed by atoms with Crippen LogP contribution < -0.4 is 5.32 Å². The second kappa shape index (κ2) is 7.76. The Kier molecular flexibility index (Phi) is 6.00. The summed E-state index contributed by atoms with van der Waals surface area (Å²) in [6.45, 7) is 8.69. The van der Waals surface area contributed by atoms with E-state index in [1.165, 1.54) is 5.56 Å². The molecule has 1 saturated carbocycles. The van der Waals surface area contributed by atoms with Crippen molar-refractivity contribution in [2.45, 2.75) is 70.3 Å². The fourth-order valence-electron chi connectivity index (χ4n) is 3.76. The number of hydrogen-bond acceptors (Lipinski definition) is 4. The van der Waals surface area contributed by atoms with Crippen LogP contribution in [0.25, 0.3) is 0 Å². The van der Waals surface area contributed by atoms with E-state index in [4.69, 9.17) is 21.1 Å². The maximum atomic E-state index is 10.9. The Labute approximate surface area is 162 Å². The molecule has 0 bridgehead atoms. The molecule has 0 radical (unpaired) electrons. The predicted octanol–water partition coefficient (Wildman–Crippen LogP) is 4.46. The number of aliphatic hydroxyl groups is 1. The van der Waals surface area contributed by atoms with E-state index in [-0.39, 0.29) is 11.5 Å². The molecule has 1 atom stereocenters. The Morgan fingerprint density at radius 1 is 1.08 bits per heavy atom. The third kappa shape index (κ3) is 4.99. The second-order valence-corrected chi connectivity index (χ2v) is 9.29. The van der Waals surface area contributed by atoms with E-state index in [0.717, 1.165) is 56.9 Å². The molecule has 2 N–H and O–H groups in total. The number of nitrogens with one attached hydrogen (secondary N) is 1. The van der Waals surface area contributed by atoms with Crippen LogP contribution in [0.15, 0.2) is 24.3 Å². The lowest BCUT2D eigenvalue weighted by molar-refractivity contribution is -0.319. The summed E-state index contributed by atoms with van der Waals surface area (Å²) in [4.78, 5) is 0. The average Bonchev–Trinajstić information content (AvgIpc) is 2.61. The van der Waals surface area contributed by atoms with Crippen molar-refractivity contribution in [1.82, 2.24) is 5.32 Å². The summed E-state index contributed by atoms with van der Waals surface area (Å²) >= 11 is 5.94. The SMILES string of the molecule is C[C@H](NCCC1(O)CCC2(CC1)OCC(C)(C)CO2)c1ccc(Cl)cc1. The largest absolute Gasteiger partial charge is 0.390 e. The molecule has 2 fully saturated rings. The Balaban J connectivity index is 1.44. The molecule has 1 aliphatic heterocycles. The molecule has 4 nitrogen and oxygen atoms in total. The monoisotopic (exact) mass is 381 g/mol. The molecule has 1 aromatic rings. The third-order valence-corrected chi connectivity index (χ3v) is 6.06. The van der Waals surface area contributed by atoms with Crippen LogP contribution in [-0.2, 0) is 9.47 Å². The molecular formula is C21H32ClNO3. The Hall–Kier alpha value is -0.650. The van der Waals surface area contributed by atoms with Gasteiger partial charge in [0, 0.05) is 29.3 Å². The standard InChI is InChI=1S/C21H32ClNO3/c1-16(17-4-6-18(22)7-5-17)23-13-12-20(24)8-10-21(11-9-20)25-14-19(2,3)15-26-21/h4-7,16,23-24H,8-15H2,1-3H3/t16-/m0/s1. The predicted molar refractivity (Wildman–Crippen MR) is 104 cm³/mol. The van der Waals surface area contributed by atoms with E-state index in [1.807, 2.05) is 24.3 Å². The van der Waals surface area contributed by atoms with Gasteiger partial charge in [-0.2, -0.15) is 0 Å². The van der Waals surface area contributed by atoms with Gasteiger partial charge in [0.1, 0.15) is 0 Å². The van der Waals surface area contributed by atoms with Crippen LogP contribution in [0.1, 0.15) is 64.5 Å². The third-order valence-electron chi connectivity index (χ3n) is 5.81. The van der Waals surface area contributed by atoms with Crippen LogP contribution in [-0.4, -0.2) is 36.3 Å². The number of benzene rings is 1. The van der Waals surface area contributed by atoms with Crippen LogP contribution in [0.4, 0.5) is 0 Å². The lowest BCUT2D eigenvalue weighted by Crippen LogP contribution is -2.52. The summed E-state index contributed by atoms with van der Waals surface area (Å²) in [6.07, 6.45) is 3.74. The summed E-state index contributed by atoms with van der Waals surface area (Å²) < 4.78 is 12.1. The van der Waals surface area contributed by atoms with E-state index in [9.17, 15) is 5.11 Å². The average molecular weight is 382 g/mol. The zero-order chi connectivity index (χ0) is 18.8. The van der Waals surface area contributed by atoms with Gasteiger partial charge in [0.15, 0.2) is 5.79 Å². The molecule has 0 unspecified atom stereocenters. The van der Waals surface area contributed by atoms with Crippen LogP contribution in [0.2, 0.25) is 5.02 Å². The second-order valence-electron chi connectivity index (χ2n) is 8.85. The van der Waals surface area contributed by atoms with Crippen molar-refractivity contribution >= 4 is 11.6 Å². The summed E-state index contributed by atoms with van der Waals surface area (Å²) in [7, 11) is 0. The van der Waals surface area contributed by atoms with Gasteiger partial charge in [0.2, 0.25) is 0 Å². The quantitative estimate of drug-likeness (QED) is 0.790. The first-order valence-electron chi connectivity index (χ1n) is 9.70. The highest BCUT2D eigenvalue weighted by atomic mass is 35.5. The van der Waals surface area contributed by atoms with E-state index >= 15 is 0 Å². The van der Waals surface area contributed by atoms with E-state index in [2.05, 4.69) is 26.1 Å².